The van der Waals surface area contributed by atoms with Crippen molar-refractivity contribution in [2.75, 3.05) is 24.6 Å². The van der Waals surface area contributed by atoms with Gasteiger partial charge in [0.25, 0.3) is 0 Å². The highest BCUT2D eigenvalue weighted by molar-refractivity contribution is 5.85. The van der Waals surface area contributed by atoms with Crippen molar-refractivity contribution < 1.29 is 9.84 Å². The number of rotatable bonds is 5. The highest BCUT2D eigenvalue weighted by Gasteiger charge is 2.37. The minimum absolute atomic E-state index is 0.186. The molecule has 148 valence electrons. The van der Waals surface area contributed by atoms with Gasteiger partial charge >= 0.3 is 0 Å². The number of hydrogen-bond acceptors (Lipinski definition) is 6. The Morgan fingerprint density at radius 2 is 2.07 bits per heavy atom. The topological polar surface area (TPSA) is 86.7 Å². The lowest BCUT2D eigenvalue weighted by molar-refractivity contribution is 0.122. The van der Waals surface area contributed by atoms with Crippen LogP contribution < -0.4 is 9.64 Å². The molecule has 0 radical (unpaired) electrons. The molecular weight excluding hydrogens is 366 g/mol. The van der Waals surface area contributed by atoms with Gasteiger partial charge in [0, 0.05) is 30.4 Å². The smallest absolute Gasteiger partial charge is 0.138 e. The van der Waals surface area contributed by atoms with Crippen LogP contribution in [0.3, 0.4) is 0 Å². The van der Waals surface area contributed by atoms with E-state index in [4.69, 9.17) is 9.72 Å². The highest BCUT2D eigenvalue weighted by Crippen LogP contribution is 2.41. The van der Waals surface area contributed by atoms with Crippen LogP contribution in [0.25, 0.3) is 16.6 Å². The molecule has 2 aliphatic heterocycles. The first kappa shape index (κ1) is 18.0. The molecule has 1 N–H and O–H groups in total. The summed E-state index contributed by atoms with van der Waals surface area (Å²) in [4.78, 5) is 7.10. The van der Waals surface area contributed by atoms with Gasteiger partial charge < -0.3 is 14.7 Å². The Morgan fingerprint density at radius 1 is 1.28 bits per heavy atom. The lowest BCUT2D eigenvalue weighted by Gasteiger charge is -2.47. The maximum absolute atomic E-state index is 9.53. The maximum atomic E-state index is 9.53. The lowest BCUT2D eigenvalue weighted by atomic mass is 9.71. The van der Waals surface area contributed by atoms with Crippen molar-refractivity contribution in [3.63, 3.8) is 0 Å². The summed E-state index contributed by atoms with van der Waals surface area (Å²) in [7, 11) is 0. The van der Waals surface area contributed by atoms with E-state index in [-0.39, 0.29) is 6.61 Å². The SMILES string of the molecule is C[C@H](O)COc1cc(-c2ccc(N3CC4CC(C4)C3)nc2)c2c(C#N)cnn2c1. The van der Waals surface area contributed by atoms with Crippen molar-refractivity contribution in [1.29, 1.82) is 5.26 Å². The van der Waals surface area contributed by atoms with Gasteiger partial charge in [-0.3, -0.25) is 0 Å². The lowest BCUT2D eigenvalue weighted by Crippen LogP contribution is -2.48. The molecule has 3 aliphatic rings. The molecule has 7 heteroatoms. The van der Waals surface area contributed by atoms with E-state index in [1.54, 1.807) is 23.8 Å². The number of fused-ring (bicyclic) bond motifs is 3. The molecule has 0 spiro atoms. The Hall–Kier alpha value is -3.11. The molecule has 0 amide bonds. The number of aromatic nitrogens is 3. The third kappa shape index (κ3) is 3.30. The van der Waals surface area contributed by atoms with Crippen LogP contribution in [0.1, 0.15) is 25.3 Å². The summed E-state index contributed by atoms with van der Waals surface area (Å²) < 4.78 is 7.34. The maximum Gasteiger partial charge on any atom is 0.138 e. The van der Waals surface area contributed by atoms with E-state index >= 15 is 0 Å². The average molecular weight is 389 g/mol. The Bertz CT molecular complexity index is 1070. The monoisotopic (exact) mass is 389 g/mol. The molecule has 1 saturated carbocycles. The average Bonchev–Trinajstić information content (AvgIpc) is 3.14. The molecule has 0 aromatic carbocycles. The van der Waals surface area contributed by atoms with Crippen LogP contribution in [-0.2, 0) is 0 Å². The molecular formula is C22H23N5O2. The van der Waals surface area contributed by atoms with E-state index in [1.165, 1.54) is 12.8 Å². The Morgan fingerprint density at radius 3 is 2.72 bits per heavy atom. The van der Waals surface area contributed by atoms with Gasteiger partial charge in [-0.1, -0.05) is 0 Å². The van der Waals surface area contributed by atoms with Gasteiger partial charge in [0.2, 0.25) is 0 Å². The van der Waals surface area contributed by atoms with Gasteiger partial charge in [-0.15, -0.1) is 0 Å². The third-order valence-corrected chi connectivity index (χ3v) is 5.87. The van der Waals surface area contributed by atoms with E-state index in [1.807, 2.05) is 18.3 Å². The summed E-state index contributed by atoms with van der Waals surface area (Å²) in [5, 5.41) is 23.3. The number of piperidine rings is 2. The van der Waals surface area contributed by atoms with Crippen molar-refractivity contribution in [3.05, 3.63) is 42.4 Å². The minimum Gasteiger partial charge on any atom is -0.489 e. The van der Waals surface area contributed by atoms with E-state index in [0.717, 1.165) is 47.4 Å². The van der Waals surface area contributed by atoms with Crippen LogP contribution >= 0.6 is 0 Å². The number of aliphatic hydroxyl groups excluding tert-OH is 1. The minimum atomic E-state index is -0.571. The summed E-state index contributed by atoms with van der Waals surface area (Å²) in [5.74, 6) is 3.24. The van der Waals surface area contributed by atoms with Gasteiger partial charge in [-0.25, -0.2) is 9.50 Å². The molecule has 1 aliphatic carbocycles. The summed E-state index contributed by atoms with van der Waals surface area (Å²) in [6, 6.07) is 8.20. The number of ether oxygens (including phenoxy) is 1. The Labute approximate surface area is 169 Å². The van der Waals surface area contributed by atoms with E-state index in [0.29, 0.717) is 11.3 Å². The molecule has 0 unspecified atom stereocenters. The van der Waals surface area contributed by atoms with Crippen LogP contribution in [0.2, 0.25) is 0 Å². The molecule has 5 heterocycles. The number of nitriles is 1. The first-order valence-corrected chi connectivity index (χ1v) is 10.0. The largest absolute Gasteiger partial charge is 0.489 e. The third-order valence-electron chi connectivity index (χ3n) is 5.87. The van der Waals surface area contributed by atoms with Crippen molar-refractivity contribution in [2.45, 2.75) is 25.9 Å². The van der Waals surface area contributed by atoms with Gasteiger partial charge in [-0.2, -0.15) is 10.4 Å². The predicted molar refractivity (Wildman–Crippen MR) is 109 cm³/mol. The molecule has 6 rings (SSSR count). The second-order valence-corrected chi connectivity index (χ2v) is 8.23. The van der Waals surface area contributed by atoms with Crippen molar-refractivity contribution in [2.24, 2.45) is 11.8 Å². The van der Waals surface area contributed by atoms with E-state index in [2.05, 4.69) is 22.1 Å². The second-order valence-electron chi connectivity index (χ2n) is 8.23. The zero-order valence-corrected chi connectivity index (χ0v) is 16.3. The molecule has 3 fully saturated rings. The van der Waals surface area contributed by atoms with Gasteiger partial charge in [0.15, 0.2) is 0 Å². The predicted octanol–water partition coefficient (Wildman–Crippen LogP) is 2.87. The van der Waals surface area contributed by atoms with Crippen molar-refractivity contribution >= 4 is 11.3 Å². The van der Waals surface area contributed by atoms with Crippen molar-refractivity contribution in [3.8, 4) is 22.9 Å². The van der Waals surface area contributed by atoms with Crippen LogP contribution in [0.5, 0.6) is 5.75 Å². The highest BCUT2D eigenvalue weighted by atomic mass is 16.5. The first-order valence-electron chi connectivity index (χ1n) is 10.0. The number of aliphatic hydroxyl groups is 1. The normalized spacial score (nSPS) is 21.5. The molecule has 3 aromatic heterocycles. The van der Waals surface area contributed by atoms with E-state index in [9.17, 15) is 10.4 Å². The summed E-state index contributed by atoms with van der Waals surface area (Å²) in [5.41, 5.74) is 2.97. The standard InChI is InChI=1S/C22H23N5O2/c1-14(28)13-29-19-6-20(22-18(7-23)9-25-27(22)12-19)17-2-3-21(24-8-17)26-10-15-4-16(5-15)11-26/h2-3,6,8-9,12,14-16,28H,4-5,10-11,13H2,1H3/t14-,15?,16?/m0/s1. The van der Waals surface area contributed by atoms with E-state index < -0.39 is 6.10 Å². The summed E-state index contributed by atoms with van der Waals surface area (Å²) in [6.45, 7) is 4.05. The van der Waals surface area contributed by atoms with Crippen LogP contribution in [0.15, 0.2) is 36.8 Å². The Balaban J connectivity index is 1.50. The van der Waals surface area contributed by atoms with Crippen molar-refractivity contribution in [1.82, 2.24) is 14.6 Å². The fourth-order valence-corrected chi connectivity index (χ4v) is 4.48. The summed E-state index contributed by atoms with van der Waals surface area (Å²) in [6.07, 6.45) is 7.30. The summed E-state index contributed by atoms with van der Waals surface area (Å²) >= 11 is 0. The number of hydrogen-bond donors (Lipinski definition) is 1. The number of anilines is 1. The molecule has 29 heavy (non-hydrogen) atoms. The molecule has 3 aromatic rings. The zero-order valence-electron chi connectivity index (χ0n) is 16.3. The van der Waals surface area contributed by atoms with Crippen LogP contribution in [0.4, 0.5) is 5.82 Å². The van der Waals surface area contributed by atoms with Crippen LogP contribution in [0, 0.1) is 23.2 Å². The fourth-order valence-electron chi connectivity index (χ4n) is 4.48. The van der Waals surface area contributed by atoms with Crippen LogP contribution in [-0.4, -0.2) is 45.5 Å². The molecule has 7 nitrogen and oxygen atoms in total. The van der Waals surface area contributed by atoms with Gasteiger partial charge in [0.05, 0.1) is 29.6 Å². The van der Waals surface area contributed by atoms with Gasteiger partial charge in [-0.05, 0) is 49.8 Å². The number of pyridine rings is 2. The zero-order chi connectivity index (χ0) is 20.0. The quantitative estimate of drug-likeness (QED) is 0.722. The fraction of sp³-hybridized carbons (Fsp3) is 0.409. The first-order chi connectivity index (χ1) is 14.1. The Kier molecular flexibility index (Phi) is 4.36. The molecule has 1 atom stereocenters. The second kappa shape index (κ2) is 7.05. The molecule has 2 saturated heterocycles. The van der Waals surface area contributed by atoms with Gasteiger partial charge in [0.1, 0.15) is 24.2 Å². The number of nitrogens with zero attached hydrogens (tertiary/aromatic N) is 5. The molecule has 2 bridgehead atoms.